The number of pyridine rings is 2. The SMILES string of the molecule is Nc1nc(-c2ccc(F)nc2)c(-c2ccc3ncccc3c2)n2ccnc12. The van der Waals surface area contributed by atoms with Crippen molar-refractivity contribution in [1.29, 1.82) is 0 Å². The third-order valence-electron chi connectivity index (χ3n) is 4.44. The van der Waals surface area contributed by atoms with Gasteiger partial charge < -0.3 is 5.73 Å². The van der Waals surface area contributed by atoms with Crippen molar-refractivity contribution in [3.05, 3.63) is 73.2 Å². The molecule has 0 aliphatic carbocycles. The van der Waals surface area contributed by atoms with Crippen LogP contribution in [0.15, 0.2) is 67.3 Å². The summed E-state index contributed by atoms with van der Waals surface area (Å²) in [4.78, 5) is 17.0. The molecule has 0 fully saturated rings. The van der Waals surface area contributed by atoms with Crippen LogP contribution in [-0.4, -0.2) is 24.3 Å². The van der Waals surface area contributed by atoms with Gasteiger partial charge >= 0.3 is 0 Å². The summed E-state index contributed by atoms with van der Waals surface area (Å²) in [7, 11) is 0. The predicted molar refractivity (Wildman–Crippen MR) is 101 cm³/mol. The molecule has 1 aromatic carbocycles. The van der Waals surface area contributed by atoms with E-state index in [2.05, 4.69) is 19.9 Å². The van der Waals surface area contributed by atoms with Crippen molar-refractivity contribution in [2.24, 2.45) is 0 Å². The molecular formula is C20H13FN6. The molecule has 7 heteroatoms. The van der Waals surface area contributed by atoms with E-state index >= 15 is 0 Å². The van der Waals surface area contributed by atoms with Gasteiger partial charge in [0.1, 0.15) is 0 Å². The quantitative estimate of drug-likeness (QED) is 0.487. The van der Waals surface area contributed by atoms with E-state index in [9.17, 15) is 4.39 Å². The molecule has 0 bridgehead atoms. The molecule has 5 aromatic rings. The van der Waals surface area contributed by atoms with Crippen LogP contribution in [0.25, 0.3) is 39.1 Å². The Balaban J connectivity index is 1.85. The molecule has 4 heterocycles. The first kappa shape index (κ1) is 15.4. The fraction of sp³-hybridized carbons (Fsp3) is 0. The maximum absolute atomic E-state index is 13.3. The van der Waals surface area contributed by atoms with E-state index in [-0.39, 0.29) is 0 Å². The standard InChI is InChI=1S/C20H13FN6/c21-16-6-4-14(11-25-16)17-18(27-9-8-24-20(27)19(22)26-17)13-3-5-15-12(10-13)2-1-7-23-15/h1-11H,(H2,22,26). The number of aromatic nitrogens is 5. The van der Waals surface area contributed by atoms with Gasteiger partial charge in [0, 0.05) is 41.3 Å². The third kappa shape index (κ3) is 2.48. The Morgan fingerprint density at radius 1 is 0.926 bits per heavy atom. The number of nitrogens with two attached hydrogens (primary N) is 1. The molecular weight excluding hydrogens is 343 g/mol. The first-order valence-corrected chi connectivity index (χ1v) is 8.30. The molecule has 27 heavy (non-hydrogen) atoms. The molecule has 0 radical (unpaired) electrons. The maximum atomic E-state index is 13.3. The number of benzene rings is 1. The predicted octanol–water partition coefficient (Wildman–Crippen LogP) is 3.73. The van der Waals surface area contributed by atoms with E-state index in [1.54, 1.807) is 18.5 Å². The number of fused-ring (bicyclic) bond motifs is 2. The van der Waals surface area contributed by atoms with E-state index in [1.807, 2.05) is 40.9 Å². The zero-order valence-corrected chi connectivity index (χ0v) is 14.0. The number of hydrogen-bond donors (Lipinski definition) is 1. The summed E-state index contributed by atoms with van der Waals surface area (Å²) < 4.78 is 15.2. The highest BCUT2D eigenvalue weighted by atomic mass is 19.1. The van der Waals surface area contributed by atoms with Crippen molar-refractivity contribution in [3.8, 4) is 22.5 Å². The molecule has 0 aliphatic rings. The van der Waals surface area contributed by atoms with E-state index in [0.717, 1.165) is 22.2 Å². The minimum absolute atomic E-state index is 0.297. The van der Waals surface area contributed by atoms with Gasteiger partial charge in [0.2, 0.25) is 5.95 Å². The van der Waals surface area contributed by atoms with E-state index < -0.39 is 5.95 Å². The first-order chi connectivity index (χ1) is 13.2. The van der Waals surface area contributed by atoms with Gasteiger partial charge in [-0.15, -0.1) is 0 Å². The zero-order valence-electron chi connectivity index (χ0n) is 14.0. The molecule has 0 aliphatic heterocycles. The van der Waals surface area contributed by atoms with Crippen molar-refractivity contribution in [1.82, 2.24) is 24.3 Å². The Hall–Kier alpha value is -3.87. The van der Waals surface area contributed by atoms with Gasteiger partial charge in [-0.25, -0.2) is 15.0 Å². The lowest BCUT2D eigenvalue weighted by atomic mass is 10.0. The molecule has 0 amide bonds. The van der Waals surface area contributed by atoms with Crippen molar-refractivity contribution in [2.75, 3.05) is 5.73 Å². The largest absolute Gasteiger partial charge is 0.381 e. The van der Waals surface area contributed by atoms with E-state index in [0.29, 0.717) is 22.7 Å². The van der Waals surface area contributed by atoms with Crippen LogP contribution in [0.2, 0.25) is 0 Å². The molecule has 6 nitrogen and oxygen atoms in total. The molecule has 4 aromatic heterocycles. The number of anilines is 1. The maximum Gasteiger partial charge on any atom is 0.212 e. The minimum atomic E-state index is -0.547. The van der Waals surface area contributed by atoms with Gasteiger partial charge in [-0.2, -0.15) is 4.39 Å². The van der Waals surface area contributed by atoms with Crippen LogP contribution in [-0.2, 0) is 0 Å². The summed E-state index contributed by atoms with van der Waals surface area (Å²) in [6, 6.07) is 12.8. The lowest BCUT2D eigenvalue weighted by Gasteiger charge is -2.14. The summed E-state index contributed by atoms with van der Waals surface area (Å²) in [5.41, 5.74) is 10.6. The normalized spacial score (nSPS) is 11.3. The van der Waals surface area contributed by atoms with Gasteiger partial charge in [0.05, 0.1) is 16.9 Å². The van der Waals surface area contributed by atoms with E-state index in [1.165, 1.54) is 12.3 Å². The van der Waals surface area contributed by atoms with Gasteiger partial charge in [-0.05, 0) is 30.3 Å². The second kappa shape index (κ2) is 5.84. The topological polar surface area (TPSA) is 82.0 Å². The second-order valence-corrected chi connectivity index (χ2v) is 6.10. The highest BCUT2D eigenvalue weighted by Crippen LogP contribution is 2.34. The van der Waals surface area contributed by atoms with E-state index in [4.69, 9.17) is 5.73 Å². The highest BCUT2D eigenvalue weighted by Gasteiger charge is 2.17. The van der Waals surface area contributed by atoms with Crippen LogP contribution in [0.3, 0.4) is 0 Å². The summed E-state index contributed by atoms with van der Waals surface area (Å²) in [6.07, 6.45) is 6.71. The summed E-state index contributed by atoms with van der Waals surface area (Å²) in [6.45, 7) is 0. The number of nitrogens with zero attached hydrogens (tertiary/aromatic N) is 5. The Kier molecular flexibility index (Phi) is 3.33. The molecule has 0 saturated carbocycles. The monoisotopic (exact) mass is 356 g/mol. The Bertz CT molecular complexity index is 1290. The van der Waals surface area contributed by atoms with Crippen LogP contribution in [0.5, 0.6) is 0 Å². The number of imidazole rings is 1. The lowest BCUT2D eigenvalue weighted by Crippen LogP contribution is -2.04. The van der Waals surface area contributed by atoms with Gasteiger partial charge in [-0.1, -0.05) is 12.1 Å². The van der Waals surface area contributed by atoms with Crippen molar-refractivity contribution in [3.63, 3.8) is 0 Å². The number of hydrogen-bond acceptors (Lipinski definition) is 5. The number of nitrogen functional groups attached to an aromatic ring is 1. The molecule has 0 unspecified atom stereocenters. The summed E-state index contributed by atoms with van der Waals surface area (Å²) in [5.74, 6) is -0.251. The first-order valence-electron chi connectivity index (χ1n) is 8.30. The Morgan fingerprint density at radius 2 is 1.81 bits per heavy atom. The van der Waals surface area contributed by atoms with Crippen LogP contribution in [0, 0.1) is 5.95 Å². The van der Waals surface area contributed by atoms with Crippen LogP contribution >= 0.6 is 0 Å². The zero-order chi connectivity index (χ0) is 18.4. The second-order valence-electron chi connectivity index (χ2n) is 6.10. The van der Waals surface area contributed by atoms with Gasteiger partial charge in [-0.3, -0.25) is 9.38 Å². The fourth-order valence-electron chi connectivity index (χ4n) is 3.23. The summed E-state index contributed by atoms with van der Waals surface area (Å²) >= 11 is 0. The van der Waals surface area contributed by atoms with Crippen molar-refractivity contribution < 1.29 is 4.39 Å². The number of rotatable bonds is 2. The van der Waals surface area contributed by atoms with Crippen molar-refractivity contribution >= 4 is 22.4 Å². The average Bonchev–Trinajstić information content (AvgIpc) is 3.18. The molecule has 0 spiro atoms. The van der Waals surface area contributed by atoms with Crippen LogP contribution < -0.4 is 5.73 Å². The minimum Gasteiger partial charge on any atom is -0.381 e. The highest BCUT2D eigenvalue weighted by molar-refractivity contribution is 5.89. The lowest BCUT2D eigenvalue weighted by molar-refractivity contribution is 0.584. The molecule has 0 atom stereocenters. The fourth-order valence-corrected chi connectivity index (χ4v) is 3.23. The van der Waals surface area contributed by atoms with Crippen LogP contribution in [0.1, 0.15) is 0 Å². The summed E-state index contributed by atoms with van der Waals surface area (Å²) in [5, 5.41) is 1.00. The number of halogens is 1. The third-order valence-corrected chi connectivity index (χ3v) is 4.44. The van der Waals surface area contributed by atoms with Crippen LogP contribution in [0.4, 0.5) is 10.2 Å². The van der Waals surface area contributed by atoms with Gasteiger partial charge in [0.15, 0.2) is 11.5 Å². The molecule has 0 saturated heterocycles. The smallest absolute Gasteiger partial charge is 0.212 e. The Labute approximate surface area is 153 Å². The molecule has 5 rings (SSSR count). The molecule has 130 valence electrons. The van der Waals surface area contributed by atoms with Crippen molar-refractivity contribution in [2.45, 2.75) is 0 Å². The molecule has 2 N–H and O–H groups in total. The average molecular weight is 356 g/mol. The Morgan fingerprint density at radius 3 is 2.67 bits per heavy atom. The van der Waals surface area contributed by atoms with Gasteiger partial charge in [0.25, 0.3) is 0 Å².